The van der Waals surface area contributed by atoms with Gasteiger partial charge in [-0.2, -0.15) is 0 Å². The number of halogens is 2. The van der Waals surface area contributed by atoms with Crippen molar-refractivity contribution in [2.24, 2.45) is 11.5 Å². The quantitative estimate of drug-likeness (QED) is 0.623. The van der Waals surface area contributed by atoms with E-state index in [0.717, 1.165) is 0 Å². The number of nitrogens with two attached hydrogens (primary N) is 2. The molecule has 7 heavy (non-hydrogen) atoms. The normalized spacial score (nSPS) is 7.43. The van der Waals surface area contributed by atoms with E-state index in [1.807, 2.05) is 0 Å². The van der Waals surface area contributed by atoms with E-state index in [4.69, 9.17) is 31.8 Å². The van der Waals surface area contributed by atoms with E-state index in [0.29, 0.717) is 26.0 Å². The predicted octanol–water partition coefficient (Wildman–Crippen LogP) is 0.280. The molecule has 0 radical (unpaired) electrons. The maximum atomic E-state index is 4.90. The fourth-order valence-corrected chi connectivity index (χ4v) is 0. The Morgan fingerprint density at radius 2 is 1.29 bits per heavy atom. The monoisotopic (exact) mass is 189 g/mol. The van der Waals surface area contributed by atoms with Crippen molar-refractivity contribution in [1.29, 1.82) is 0 Å². The Morgan fingerprint density at radius 3 is 1.29 bits per heavy atom. The van der Waals surface area contributed by atoms with Gasteiger partial charge in [-0.25, -0.2) is 0 Å². The van der Waals surface area contributed by atoms with Crippen LogP contribution in [0.25, 0.3) is 0 Å². The SMILES string of the molecule is NCCN.[Cl][Co+][Cl]. The summed E-state index contributed by atoms with van der Waals surface area (Å²) in [6.45, 7) is 1.19. The van der Waals surface area contributed by atoms with Crippen molar-refractivity contribution in [1.82, 2.24) is 0 Å². The summed E-state index contributed by atoms with van der Waals surface area (Å²) in [5, 5.41) is 0. The van der Waals surface area contributed by atoms with E-state index in [-0.39, 0.29) is 0 Å². The molecule has 0 bridgehead atoms. The molecule has 0 heterocycles. The summed E-state index contributed by atoms with van der Waals surface area (Å²) in [6, 6.07) is 0. The van der Waals surface area contributed by atoms with Crippen LogP contribution in [0.15, 0.2) is 0 Å². The molecule has 0 aliphatic rings. The van der Waals surface area contributed by atoms with Crippen molar-refractivity contribution in [3.8, 4) is 0 Å². The Morgan fingerprint density at radius 1 is 1.14 bits per heavy atom. The summed E-state index contributed by atoms with van der Waals surface area (Å²) >= 11 is 0.382. The van der Waals surface area contributed by atoms with Gasteiger partial charge >= 0.3 is 33.2 Å². The number of hydrogen-bond donors (Lipinski definition) is 2. The van der Waals surface area contributed by atoms with Crippen LogP contribution in [-0.4, -0.2) is 13.1 Å². The average Bonchev–Trinajstić information content (AvgIpc) is 1.69. The van der Waals surface area contributed by atoms with E-state index < -0.39 is 0 Å². The van der Waals surface area contributed by atoms with Crippen LogP contribution in [0.2, 0.25) is 0 Å². The standard InChI is InChI=1S/C2H8N2.2ClH.Co/c3-1-2-4;;;/h1-4H2;2*1H;/q;;;+3/p-2. The third-order valence-electron chi connectivity index (χ3n) is 0.167. The first-order chi connectivity index (χ1) is 3.33. The average molecular weight is 190 g/mol. The molecule has 0 amide bonds. The summed E-state index contributed by atoms with van der Waals surface area (Å²) in [6.07, 6.45) is 0. The van der Waals surface area contributed by atoms with Crippen LogP contribution < -0.4 is 11.5 Å². The first-order valence-electron chi connectivity index (χ1n) is 1.57. The predicted molar refractivity (Wildman–Crippen MR) is 29.8 cm³/mol. The topological polar surface area (TPSA) is 52.0 Å². The van der Waals surface area contributed by atoms with Crippen molar-refractivity contribution < 1.29 is 12.9 Å². The Balaban J connectivity index is 0. The van der Waals surface area contributed by atoms with Gasteiger partial charge in [-0.3, -0.25) is 0 Å². The van der Waals surface area contributed by atoms with Crippen molar-refractivity contribution in [3.05, 3.63) is 0 Å². The molecule has 0 fully saturated rings. The van der Waals surface area contributed by atoms with Crippen molar-refractivity contribution in [3.63, 3.8) is 0 Å². The molecular weight excluding hydrogens is 182 g/mol. The zero-order chi connectivity index (χ0) is 6.12. The molecule has 0 aromatic heterocycles. The van der Waals surface area contributed by atoms with Gasteiger partial charge < -0.3 is 11.5 Å². The van der Waals surface area contributed by atoms with E-state index in [1.165, 1.54) is 0 Å². The van der Waals surface area contributed by atoms with Crippen molar-refractivity contribution in [2.45, 2.75) is 0 Å². The second-order valence-corrected chi connectivity index (χ2v) is 2.34. The Kier molecular flexibility index (Phi) is 24.5. The molecule has 0 saturated heterocycles. The third kappa shape index (κ3) is 43.6. The second kappa shape index (κ2) is 15.7. The van der Waals surface area contributed by atoms with Gasteiger partial charge in [0.15, 0.2) is 0 Å². The van der Waals surface area contributed by atoms with Crippen LogP contribution in [0.5, 0.6) is 0 Å². The molecule has 0 aromatic rings. The zero-order valence-corrected chi connectivity index (χ0v) is 6.21. The van der Waals surface area contributed by atoms with Crippen LogP contribution in [0, 0.1) is 0 Å². The van der Waals surface area contributed by atoms with Crippen molar-refractivity contribution >= 4 is 20.3 Å². The summed E-state index contributed by atoms with van der Waals surface area (Å²) in [7, 11) is 9.47. The van der Waals surface area contributed by atoms with E-state index >= 15 is 0 Å². The molecule has 0 spiro atoms. The van der Waals surface area contributed by atoms with Crippen LogP contribution in [0.4, 0.5) is 0 Å². The Hall–Kier alpha value is 1.01. The molecule has 0 rings (SSSR count). The molecule has 0 aromatic carbocycles. The minimum atomic E-state index is 0.382. The molecule has 48 valence electrons. The summed E-state index contributed by atoms with van der Waals surface area (Å²) < 4.78 is 0. The van der Waals surface area contributed by atoms with Gasteiger partial charge in [0.2, 0.25) is 0 Å². The Bertz CT molecular complexity index is 21.2. The van der Waals surface area contributed by atoms with Crippen LogP contribution in [0.3, 0.4) is 0 Å². The molecule has 0 aliphatic heterocycles. The summed E-state index contributed by atoms with van der Waals surface area (Å²) in [5.74, 6) is 0. The van der Waals surface area contributed by atoms with Gasteiger partial charge in [0.05, 0.1) is 0 Å². The summed E-state index contributed by atoms with van der Waals surface area (Å²) in [5.41, 5.74) is 9.81. The molecule has 0 aliphatic carbocycles. The van der Waals surface area contributed by atoms with Gasteiger partial charge in [-0.15, -0.1) is 0 Å². The van der Waals surface area contributed by atoms with E-state index in [1.54, 1.807) is 0 Å². The van der Waals surface area contributed by atoms with Crippen molar-refractivity contribution in [2.75, 3.05) is 13.1 Å². The number of hydrogen-bond acceptors (Lipinski definition) is 2. The first kappa shape index (κ1) is 10.9. The van der Waals surface area contributed by atoms with Gasteiger partial charge in [0.25, 0.3) is 0 Å². The van der Waals surface area contributed by atoms with E-state index in [2.05, 4.69) is 0 Å². The van der Waals surface area contributed by atoms with Gasteiger partial charge in [0.1, 0.15) is 0 Å². The fraction of sp³-hybridized carbons (Fsp3) is 1.00. The van der Waals surface area contributed by atoms with E-state index in [9.17, 15) is 0 Å². The number of rotatable bonds is 1. The molecular formula is C2H8Cl2CoN2+. The first-order valence-corrected chi connectivity index (χ1v) is 4.43. The van der Waals surface area contributed by atoms with Gasteiger partial charge in [-0.1, -0.05) is 0 Å². The molecule has 2 nitrogen and oxygen atoms in total. The molecule has 0 saturated carbocycles. The molecule has 0 atom stereocenters. The second-order valence-electron chi connectivity index (χ2n) is 0.625. The van der Waals surface area contributed by atoms with Crippen LogP contribution in [-0.2, 0) is 12.9 Å². The Labute approximate surface area is 58.0 Å². The van der Waals surface area contributed by atoms with Gasteiger partial charge in [-0.05, 0) is 0 Å². The molecule has 5 heteroatoms. The van der Waals surface area contributed by atoms with Gasteiger partial charge in [0, 0.05) is 13.1 Å². The zero-order valence-electron chi connectivity index (χ0n) is 3.66. The third-order valence-corrected chi connectivity index (χ3v) is 0.167. The molecule has 4 N–H and O–H groups in total. The van der Waals surface area contributed by atoms with Crippen LogP contribution in [0.1, 0.15) is 0 Å². The molecule has 0 unspecified atom stereocenters. The minimum absolute atomic E-state index is 0.382. The fourth-order valence-electron chi connectivity index (χ4n) is 0. The van der Waals surface area contributed by atoms with Crippen LogP contribution >= 0.6 is 20.3 Å². The summed E-state index contributed by atoms with van der Waals surface area (Å²) in [4.78, 5) is 0. The maximum absolute atomic E-state index is 4.90.